The molecule has 3 rings (SSSR count). The van der Waals surface area contributed by atoms with Gasteiger partial charge in [0.1, 0.15) is 5.75 Å². The van der Waals surface area contributed by atoms with E-state index in [2.05, 4.69) is 15.6 Å². The number of carbonyl (C=O) groups excluding carboxylic acids is 2. The first-order valence-electron chi connectivity index (χ1n) is 8.84. The summed E-state index contributed by atoms with van der Waals surface area (Å²) in [7, 11) is 1.61. The first-order chi connectivity index (χ1) is 13.6. The molecule has 0 atom stereocenters. The molecule has 0 aliphatic heterocycles. The van der Waals surface area contributed by atoms with Gasteiger partial charge in [0.15, 0.2) is 0 Å². The number of ether oxygens (including phenoxy) is 1. The minimum absolute atomic E-state index is 0.110. The van der Waals surface area contributed by atoms with E-state index in [1.54, 1.807) is 25.4 Å². The van der Waals surface area contributed by atoms with Gasteiger partial charge in [-0.05, 0) is 47.5 Å². The summed E-state index contributed by atoms with van der Waals surface area (Å²) in [6, 6.07) is 18.2. The van der Waals surface area contributed by atoms with Crippen molar-refractivity contribution >= 4 is 17.5 Å². The average Bonchev–Trinajstić information content (AvgIpc) is 2.73. The Balaban J connectivity index is 1.55. The van der Waals surface area contributed by atoms with Crippen molar-refractivity contribution in [2.24, 2.45) is 0 Å². The third-order valence-electron chi connectivity index (χ3n) is 4.11. The molecule has 3 aromatic rings. The molecule has 0 spiro atoms. The number of benzene rings is 2. The molecular weight excluding hydrogens is 354 g/mol. The standard InChI is InChI=1S/C22H21N3O3/c1-28-20-9-7-16(8-10-20)13-21(26)25-19-6-2-4-17(12-19)14-24-22(27)18-5-3-11-23-15-18/h2-12,15H,13-14H2,1H3,(H,24,27)(H,25,26). The molecule has 1 aromatic heterocycles. The lowest BCUT2D eigenvalue weighted by Gasteiger charge is -2.09. The van der Waals surface area contributed by atoms with Crippen LogP contribution in [-0.2, 0) is 17.8 Å². The first kappa shape index (κ1) is 19.1. The molecule has 0 radical (unpaired) electrons. The Morgan fingerprint density at radius 1 is 1.00 bits per heavy atom. The van der Waals surface area contributed by atoms with Crippen molar-refractivity contribution in [2.45, 2.75) is 13.0 Å². The first-order valence-corrected chi connectivity index (χ1v) is 8.84. The topological polar surface area (TPSA) is 80.3 Å². The van der Waals surface area contributed by atoms with Gasteiger partial charge in [0.05, 0.1) is 19.1 Å². The summed E-state index contributed by atoms with van der Waals surface area (Å²) in [6.07, 6.45) is 3.41. The van der Waals surface area contributed by atoms with E-state index in [9.17, 15) is 9.59 Å². The molecule has 1 heterocycles. The predicted octanol–water partition coefficient (Wildman–Crippen LogP) is 3.20. The number of pyridine rings is 1. The van der Waals surface area contributed by atoms with Gasteiger partial charge in [-0.2, -0.15) is 0 Å². The maximum Gasteiger partial charge on any atom is 0.253 e. The molecule has 0 saturated heterocycles. The van der Waals surface area contributed by atoms with E-state index < -0.39 is 0 Å². The molecule has 0 unspecified atom stereocenters. The fourth-order valence-corrected chi connectivity index (χ4v) is 2.67. The minimum Gasteiger partial charge on any atom is -0.497 e. The number of hydrogen-bond donors (Lipinski definition) is 2. The lowest BCUT2D eigenvalue weighted by molar-refractivity contribution is -0.115. The van der Waals surface area contributed by atoms with Crippen molar-refractivity contribution in [1.29, 1.82) is 0 Å². The number of carbonyl (C=O) groups is 2. The van der Waals surface area contributed by atoms with Gasteiger partial charge >= 0.3 is 0 Å². The zero-order valence-electron chi connectivity index (χ0n) is 15.5. The number of nitrogens with one attached hydrogen (secondary N) is 2. The SMILES string of the molecule is COc1ccc(CC(=O)Nc2cccc(CNC(=O)c3cccnc3)c2)cc1. The molecule has 6 nitrogen and oxygen atoms in total. The van der Waals surface area contributed by atoms with Crippen LogP contribution in [0.15, 0.2) is 73.1 Å². The highest BCUT2D eigenvalue weighted by Crippen LogP contribution is 2.14. The van der Waals surface area contributed by atoms with Crippen molar-refractivity contribution in [3.05, 3.63) is 89.7 Å². The van der Waals surface area contributed by atoms with Gasteiger partial charge in [0, 0.05) is 24.6 Å². The Labute approximate surface area is 163 Å². The number of rotatable bonds is 7. The van der Waals surface area contributed by atoms with Crippen molar-refractivity contribution in [3.8, 4) is 5.75 Å². The second-order valence-corrected chi connectivity index (χ2v) is 6.20. The van der Waals surface area contributed by atoms with Crippen LogP contribution in [0.2, 0.25) is 0 Å². The molecular formula is C22H21N3O3. The van der Waals surface area contributed by atoms with Crippen molar-refractivity contribution in [2.75, 3.05) is 12.4 Å². The summed E-state index contributed by atoms with van der Waals surface area (Å²) >= 11 is 0. The van der Waals surface area contributed by atoms with Crippen LogP contribution in [0.1, 0.15) is 21.5 Å². The van der Waals surface area contributed by atoms with Crippen LogP contribution in [0.5, 0.6) is 5.75 Å². The van der Waals surface area contributed by atoms with E-state index in [0.29, 0.717) is 17.8 Å². The molecule has 142 valence electrons. The van der Waals surface area contributed by atoms with Gasteiger partial charge in [0.25, 0.3) is 5.91 Å². The largest absolute Gasteiger partial charge is 0.497 e. The van der Waals surface area contributed by atoms with Gasteiger partial charge < -0.3 is 15.4 Å². The second kappa shape index (κ2) is 9.32. The van der Waals surface area contributed by atoms with E-state index in [-0.39, 0.29) is 18.2 Å². The smallest absolute Gasteiger partial charge is 0.253 e. The summed E-state index contributed by atoms with van der Waals surface area (Å²) in [5.41, 5.74) is 2.98. The molecule has 2 aromatic carbocycles. The van der Waals surface area contributed by atoms with Crippen LogP contribution in [-0.4, -0.2) is 23.9 Å². The van der Waals surface area contributed by atoms with Crippen LogP contribution >= 0.6 is 0 Å². The Morgan fingerprint density at radius 2 is 1.82 bits per heavy atom. The van der Waals surface area contributed by atoms with E-state index in [1.807, 2.05) is 48.5 Å². The van der Waals surface area contributed by atoms with Crippen LogP contribution in [0, 0.1) is 0 Å². The quantitative estimate of drug-likeness (QED) is 0.665. The lowest BCUT2D eigenvalue weighted by atomic mass is 10.1. The Morgan fingerprint density at radius 3 is 2.54 bits per heavy atom. The van der Waals surface area contributed by atoms with Crippen LogP contribution < -0.4 is 15.4 Å². The number of anilines is 1. The number of hydrogen-bond acceptors (Lipinski definition) is 4. The molecule has 6 heteroatoms. The highest BCUT2D eigenvalue weighted by atomic mass is 16.5. The maximum atomic E-state index is 12.3. The van der Waals surface area contributed by atoms with Crippen molar-refractivity contribution in [1.82, 2.24) is 10.3 Å². The fourth-order valence-electron chi connectivity index (χ4n) is 2.67. The van der Waals surface area contributed by atoms with Gasteiger partial charge in [-0.15, -0.1) is 0 Å². The summed E-state index contributed by atoms with van der Waals surface area (Å²) in [6.45, 7) is 0.357. The number of amides is 2. The zero-order valence-corrected chi connectivity index (χ0v) is 15.5. The molecule has 28 heavy (non-hydrogen) atoms. The van der Waals surface area contributed by atoms with E-state index in [0.717, 1.165) is 16.9 Å². The lowest BCUT2D eigenvalue weighted by Crippen LogP contribution is -2.23. The van der Waals surface area contributed by atoms with Crippen LogP contribution in [0.4, 0.5) is 5.69 Å². The Bertz CT molecular complexity index is 941. The van der Waals surface area contributed by atoms with Gasteiger partial charge in [0.2, 0.25) is 5.91 Å². The van der Waals surface area contributed by atoms with Crippen molar-refractivity contribution < 1.29 is 14.3 Å². The average molecular weight is 375 g/mol. The monoisotopic (exact) mass is 375 g/mol. The predicted molar refractivity (Wildman–Crippen MR) is 107 cm³/mol. The highest BCUT2D eigenvalue weighted by molar-refractivity contribution is 5.94. The van der Waals surface area contributed by atoms with Gasteiger partial charge in [-0.25, -0.2) is 0 Å². The zero-order chi connectivity index (χ0) is 19.8. The molecule has 0 aliphatic carbocycles. The molecule has 0 fully saturated rings. The Hall–Kier alpha value is -3.67. The van der Waals surface area contributed by atoms with Crippen LogP contribution in [0.25, 0.3) is 0 Å². The molecule has 2 N–H and O–H groups in total. The molecule has 0 saturated carbocycles. The summed E-state index contributed by atoms with van der Waals surface area (Å²) in [4.78, 5) is 28.3. The number of aromatic nitrogens is 1. The highest BCUT2D eigenvalue weighted by Gasteiger charge is 2.07. The number of nitrogens with zero attached hydrogens (tertiary/aromatic N) is 1. The second-order valence-electron chi connectivity index (χ2n) is 6.20. The third kappa shape index (κ3) is 5.41. The number of methoxy groups -OCH3 is 1. The van der Waals surface area contributed by atoms with Gasteiger partial charge in [-0.3, -0.25) is 14.6 Å². The Kier molecular flexibility index (Phi) is 6.36. The van der Waals surface area contributed by atoms with Crippen LogP contribution in [0.3, 0.4) is 0 Å². The molecule has 0 bridgehead atoms. The van der Waals surface area contributed by atoms with Gasteiger partial charge in [-0.1, -0.05) is 24.3 Å². The third-order valence-corrected chi connectivity index (χ3v) is 4.11. The maximum absolute atomic E-state index is 12.3. The molecule has 0 aliphatic rings. The van der Waals surface area contributed by atoms with Crippen molar-refractivity contribution in [3.63, 3.8) is 0 Å². The normalized spacial score (nSPS) is 10.2. The molecule has 2 amide bonds. The van der Waals surface area contributed by atoms with E-state index >= 15 is 0 Å². The minimum atomic E-state index is -0.193. The summed E-state index contributed by atoms with van der Waals surface area (Å²) < 4.78 is 5.12. The summed E-state index contributed by atoms with van der Waals surface area (Å²) in [5, 5.41) is 5.73. The summed E-state index contributed by atoms with van der Waals surface area (Å²) in [5.74, 6) is 0.453. The van der Waals surface area contributed by atoms with E-state index in [1.165, 1.54) is 6.20 Å². The fraction of sp³-hybridized carbons (Fsp3) is 0.136. The van der Waals surface area contributed by atoms with E-state index in [4.69, 9.17) is 4.74 Å².